The predicted octanol–water partition coefficient (Wildman–Crippen LogP) is 3.54. The van der Waals surface area contributed by atoms with Crippen LogP contribution in [0.2, 0.25) is 0 Å². The van der Waals surface area contributed by atoms with Crippen LogP contribution in [0.15, 0.2) is 47.2 Å². The molecule has 3 aromatic rings. The van der Waals surface area contributed by atoms with E-state index in [4.69, 9.17) is 4.42 Å². The second-order valence-corrected chi connectivity index (χ2v) is 6.81. The Morgan fingerprint density at radius 1 is 1.20 bits per heavy atom. The van der Waals surface area contributed by atoms with E-state index in [2.05, 4.69) is 15.6 Å². The van der Waals surface area contributed by atoms with E-state index in [9.17, 15) is 9.59 Å². The molecule has 2 amide bonds. The van der Waals surface area contributed by atoms with Gasteiger partial charge in [0.2, 0.25) is 0 Å². The molecule has 2 heterocycles. The first-order valence-electron chi connectivity index (χ1n) is 7.68. The number of hydrogen-bond donors (Lipinski definition) is 2. The van der Waals surface area contributed by atoms with E-state index in [-0.39, 0.29) is 17.6 Å². The third kappa shape index (κ3) is 4.13. The van der Waals surface area contributed by atoms with Crippen molar-refractivity contribution in [1.82, 2.24) is 10.3 Å². The minimum atomic E-state index is -0.356. The van der Waals surface area contributed by atoms with Crippen molar-refractivity contribution in [3.8, 4) is 0 Å². The van der Waals surface area contributed by atoms with Gasteiger partial charge in [-0.3, -0.25) is 9.59 Å². The van der Waals surface area contributed by atoms with E-state index in [0.29, 0.717) is 17.8 Å². The predicted molar refractivity (Wildman–Crippen MR) is 95.9 cm³/mol. The Hall–Kier alpha value is -2.93. The summed E-state index contributed by atoms with van der Waals surface area (Å²) in [5.41, 5.74) is 1.90. The van der Waals surface area contributed by atoms with E-state index < -0.39 is 0 Å². The van der Waals surface area contributed by atoms with Gasteiger partial charge >= 0.3 is 0 Å². The summed E-state index contributed by atoms with van der Waals surface area (Å²) in [6.45, 7) is 4.20. The van der Waals surface area contributed by atoms with Crippen LogP contribution in [0.1, 0.15) is 36.4 Å². The number of thiazole rings is 1. The Morgan fingerprint density at radius 3 is 2.72 bits per heavy atom. The SMILES string of the molecule is Cc1ncc(CNC(=O)c2ccc(C)c(NC(=O)c3ccco3)c2)s1. The first-order valence-corrected chi connectivity index (χ1v) is 8.49. The molecule has 0 radical (unpaired) electrons. The van der Waals surface area contributed by atoms with Crippen LogP contribution in [0.3, 0.4) is 0 Å². The number of hydrogen-bond acceptors (Lipinski definition) is 5. The van der Waals surface area contributed by atoms with E-state index in [0.717, 1.165) is 15.4 Å². The summed E-state index contributed by atoms with van der Waals surface area (Å²) in [6, 6.07) is 8.41. The van der Waals surface area contributed by atoms with E-state index in [1.54, 1.807) is 47.9 Å². The number of carbonyl (C=O) groups excluding carboxylic acids is 2. The van der Waals surface area contributed by atoms with Gasteiger partial charge in [-0.2, -0.15) is 0 Å². The minimum absolute atomic E-state index is 0.209. The normalized spacial score (nSPS) is 10.5. The second-order valence-electron chi connectivity index (χ2n) is 5.49. The number of amides is 2. The molecule has 6 nitrogen and oxygen atoms in total. The summed E-state index contributed by atoms with van der Waals surface area (Å²) >= 11 is 1.54. The van der Waals surface area contributed by atoms with E-state index in [1.807, 2.05) is 13.8 Å². The van der Waals surface area contributed by atoms with E-state index in [1.165, 1.54) is 6.26 Å². The largest absolute Gasteiger partial charge is 0.459 e. The van der Waals surface area contributed by atoms with Gasteiger partial charge in [-0.1, -0.05) is 6.07 Å². The molecule has 25 heavy (non-hydrogen) atoms. The first-order chi connectivity index (χ1) is 12.0. The highest BCUT2D eigenvalue weighted by Gasteiger charge is 2.13. The van der Waals surface area contributed by atoms with Crippen molar-refractivity contribution in [2.75, 3.05) is 5.32 Å². The molecule has 2 aromatic heterocycles. The molecule has 0 spiro atoms. The Kier molecular flexibility index (Phi) is 4.95. The minimum Gasteiger partial charge on any atom is -0.459 e. The number of carbonyl (C=O) groups is 2. The second kappa shape index (κ2) is 7.31. The fraction of sp³-hybridized carbons (Fsp3) is 0.167. The maximum Gasteiger partial charge on any atom is 0.291 e. The van der Waals surface area contributed by atoms with Crippen LogP contribution in [0.5, 0.6) is 0 Å². The van der Waals surface area contributed by atoms with Crippen molar-refractivity contribution in [1.29, 1.82) is 0 Å². The van der Waals surface area contributed by atoms with Crippen LogP contribution in [-0.4, -0.2) is 16.8 Å². The number of aryl methyl sites for hydroxylation is 2. The monoisotopic (exact) mass is 355 g/mol. The summed E-state index contributed by atoms with van der Waals surface area (Å²) in [5, 5.41) is 6.58. The smallest absolute Gasteiger partial charge is 0.291 e. The van der Waals surface area contributed by atoms with Crippen LogP contribution in [0.25, 0.3) is 0 Å². The van der Waals surface area contributed by atoms with Gasteiger partial charge in [-0.15, -0.1) is 11.3 Å². The summed E-state index contributed by atoms with van der Waals surface area (Å²) in [6.07, 6.45) is 3.19. The lowest BCUT2D eigenvalue weighted by Crippen LogP contribution is -2.22. The van der Waals surface area contributed by atoms with Crippen LogP contribution >= 0.6 is 11.3 Å². The maximum absolute atomic E-state index is 12.3. The van der Waals surface area contributed by atoms with Crippen molar-refractivity contribution in [3.05, 3.63) is 69.6 Å². The molecular weight excluding hydrogens is 338 g/mol. The Balaban J connectivity index is 1.69. The summed E-state index contributed by atoms with van der Waals surface area (Å²) in [7, 11) is 0. The molecule has 0 atom stereocenters. The highest BCUT2D eigenvalue weighted by Crippen LogP contribution is 2.19. The molecule has 3 rings (SSSR count). The standard InChI is InChI=1S/C18H17N3O3S/c1-11-5-6-13(17(22)20-10-14-9-19-12(2)25-14)8-15(11)21-18(23)16-4-3-7-24-16/h3-9H,10H2,1-2H3,(H,20,22)(H,21,23). The van der Waals surface area contributed by atoms with Crippen LogP contribution in [0.4, 0.5) is 5.69 Å². The quantitative estimate of drug-likeness (QED) is 0.733. The van der Waals surface area contributed by atoms with Crippen molar-refractivity contribution < 1.29 is 14.0 Å². The molecule has 0 fully saturated rings. The molecule has 7 heteroatoms. The lowest BCUT2D eigenvalue weighted by Gasteiger charge is -2.10. The van der Waals surface area contributed by atoms with Crippen molar-refractivity contribution >= 4 is 28.8 Å². The highest BCUT2D eigenvalue weighted by atomic mass is 32.1. The summed E-state index contributed by atoms with van der Waals surface area (Å²) in [4.78, 5) is 29.6. The molecule has 0 saturated carbocycles. The average Bonchev–Trinajstić information content (AvgIpc) is 3.26. The Morgan fingerprint density at radius 2 is 2.04 bits per heavy atom. The lowest BCUT2D eigenvalue weighted by molar-refractivity contribution is 0.0949. The summed E-state index contributed by atoms with van der Waals surface area (Å²) in [5.74, 6) is -0.347. The molecular formula is C18H17N3O3S. The van der Waals surface area contributed by atoms with Gasteiger partial charge in [0.15, 0.2) is 5.76 Å². The van der Waals surface area contributed by atoms with Crippen LogP contribution < -0.4 is 10.6 Å². The molecule has 0 aliphatic rings. The maximum atomic E-state index is 12.3. The highest BCUT2D eigenvalue weighted by molar-refractivity contribution is 7.11. The van der Waals surface area contributed by atoms with Crippen molar-refractivity contribution in [3.63, 3.8) is 0 Å². The number of benzene rings is 1. The van der Waals surface area contributed by atoms with Crippen molar-refractivity contribution in [2.24, 2.45) is 0 Å². The number of aromatic nitrogens is 1. The Bertz CT molecular complexity index is 900. The number of nitrogens with one attached hydrogen (secondary N) is 2. The van der Waals surface area contributed by atoms with E-state index >= 15 is 0 Å². The first kappa shape index (κ1) is 16.9. The van der Waals surface area contributed by atoms with Crippen LogP contribution in [-0.2, 0) is 6.54 Å². The molecule has 0 aliphatic carbocycles. The molecule has 0 saturated heterocycles. The molecule has 0 bridgehead atoms. The van der Waals surface area contributed by atoms with Gasteiger partial charge in [0, 0.05) is 22.3 Å². The number of anilines is 1. The molecule has 0 aliphatic heterocycles. The molecule has 1 aromatic carbocycles. The average molecular weight is 355 g/mol. The fourth-order valence-electron chi connectivity index (χ4n) is 2.25. The Labute approximate surface area is 148 Å². The number of rotatable bonds is 5. The van der Waals surface area contributed by atoms with Crippen molar-refractivity contribution in [2.45, 2.75) is 20.4 Å². The van der Waals surface area contributed by atoms with Crippen LogP contribution in [0, 0.1) is 13.8 Å². The third-order valence-corrected chi connectivity index (χ3v) is 4.50. The van der Waals surface area contributed by atoms with Gasteiger partial charge in [0.1, 0.15) is 0 Å². The van der Waals surface area contributed by atoms with Gasteiger partial charge in [-0.25, -0.2) is 4.98 Å². The molecule has 128 valence electrons. The zero-order valence-corrected chi connectivity index (χ0v) is 14.6. The topological polar surface area (TPSA) is 84.2 Å². The fourth-order valence-corrected chi connectivity index (χ4v) is 2.98. The van der Waals surface area contributed by atoms with Gasteiger partial charge < -0.3 is 15.1 Å². The van der Waals surface area contributed by atoms with Gasteiger partial charge in [0.25, 0.3) is 11.8 Å². The van der Waals surface area contributed by atoms with Gasteiger partial charge in [-0.05, 0) is 43.7 Å². The molecule has 0 unspecified atom stereocenters. The molecule has 2 N–H and O–H groups in total. The lowest BCUT2D eigenvalue weighted by atomic mass is 10.1. The number of nitrogens with zero attached hydrogens (tertiary/aromatic N) is 1. The third-order valence-electron chi connectivity index (χ3n) is 3.59. The summed E-state index contributed by atoms with van der Waals surface area (Å²) < 4.78 is 5.08. The zero-order chi connectivity index (χ0) is 17.8. The number of furan rings is 1. The zero-order valence-electron chi connectivity index (χ0n) is 13.8. The van der Waals surface area contributed by atoms with Gasteiger partial charge in [0.05, 0.1) is 17.8 Å².